The van der Waals surface area contributed by atoms with E-state index in [-0.39, 0.29) is 17.2 Å². The summed E-state index contributed by atoms with van der Waals surface area (Å²) in [5.74, 6) is 1.85. The van der Waals surface area contributed by atoms with Gasteiger partial charge < -0.3 is 10.2 Å². The average molecular weight is 346 g/mol. The number of hydrogen-bond donors (Lipinski definition) is 1. The zero-order chi connectivity index (χ0) is 17.7. The molecule has 0 saturated carbocycles. The fourth-order valence-corrected chi connectivity index (χ4v) is 3.34. The van der Waals surface area contributed by atoms with Crippen LogP contribution in [0.4, 0.5) is 5.69 Å². The van der Waals surface area contributed by atoms with Crippen LogP contribution in [0.15, 0.2) is 30.4 Å². The quantitative estimate of drug-likeness (QED) is 0.849. The van der Waals surface area contributed by atoms with Crippen LogP contribution in [-0.2, 0) is 4.79 Å². The van der Waals surface area contributed by atoms with Gasteiger partial charge in [-0.25, -0.2) is 0 Å². The predicted molar refractivity (Wildman–Crippen MR) is 102 cm³/mol. The van der Waals surface area contributed by atoms with Crippen LogP contribution in [0.25, 0.3) is 0 Å². The third-order valence-electron chi connectivity index (χ3n) is 3.86. The van der Waals surface area contributed by atoms with Crippen molar-refractivity contribution in [1.82, 2.24) is 4.90 Å². The predicted octanol–water partition coefficient (Wildman–Crippen LogP) is 3.72. The van der Waals surface area contributed by atoms with Crippen molar-refractivity contribution in [2.45, 2.75) is 27.7 Å². The fraction of sp³-hybridized carbons (Fsp3) is 0.474. The Kier molecular flexibility index (Phi) is 6.10. The van der Waals surface area contributed by atoms with Crippen molar-refractivity contribution in [3.05, 3.63) is 41.5 Å². The summed E-state index contributed by atoms with van der Waals surface area (Å²) in [7, 11) is 0. The number of hydrogen-bond acceptors (Lipinski definition) is 3. The topological polar surface area (TPSA) is 49.4 Å². The van der Waals surface area contributed by atoms with Gasteiger partial charge in [0.05, 0.1) is 0 Å². The molecule has 24 heavy (non-hydrogen) atoms. The van der Waals surface area contributed by atoms with Gasteiger partial charge in [-0.1, -0.05) is 32.9 Å². The highest BCUT2D eigenvalue weighted by molar-refractivity contribution is 7.99. The maximum atomic E-state index is 12.7. The minimum atomic E-state index is -0.174. The molecule has 0 aliphatic carbocycles. The van der Waals surface area contributed by atoms with Crippen LogP contribution in [0.5, 0.6) is 0 Å². The highest BCUT2D eigenvalue weighted by Crippen LogP contribution is 2.22. The summed E-state index contributed by atoms with van der Waals surface area (Å²) in [6.07, 6.45) is 3.42. The van der Waals surface area contributed by atoms with E-state index >= 15 is 0 Å². The number of anilines is 1. The number of amides is 2. The summed E-state index contributed by atoms with van der Waals surface area (Å²) in [6.45, 7) is 9.57. The second-order valence-corrected chi connectivity index (χ2v) is 8.30. The minimum Gasteiger partial charge on any atom is -0.337 e. The first kappa shape index (κ1) is 18.6. The summed E-state index contributed by atoms with van der Waals surface area (Å²) in [5.41, 5.74) is 2.13. The molecule has 1 aromatic rings. The lowest BCUT2D eigenvalue weighted by atomic mass is 9.96. The van der Waals surface area contributed by atoms with Crippen molar-refractivity contribution in [2.24, 2.45) is 5.41 Å². The molecule has 1 aliphatic heterocycles. The van der Waals surface area contributed by atoms with E-state index in [1.165, 1.54) is 0 Å². The minimum absolute atomic E-state index is 0.0452. The molecule has 1 fully saturated rings. The third kappa shape index (κ3) is 5.13. The van der Waals surface area contributed by atoms with Gasteiger partial charge in [0.15, 0.2) is 0 Å². The number of carbonyl (C=O) groups excluding carboxylic acids is 2. The molecule has 0 spiro atoms. The van der Waals surface area contributed by atoms with Gasteiger partial charge in [-0.15, -0.1) is 0 Å². The molecule has 1 N–H and O–H groups in total. The molecule has 2 amide bonds. The second kappa shape index (κ2) is 7.88. The molecule has 0 unspecified atom stereocenters. The van der Waals surface area contributed by atoms with Crippen LogP contribution in [-0.4, -0.2) is 41.3 Å². The van der Waals surface area contributed by atoms with Gasteiger partial charge >= 0.3 is 0 Å². The van der Waals surface area contributed by atoms with Crippen LogP contribution in [0, 0.1) is 12.3 Å². The summed E-state index contributed by atoms with van der Waals surface area (Å²) in [6, 6.07) is 5.49. The Hall–Kier alpha value is -1.75. The van der Waals surface area contributed by atoms with Crippen molar-refractivity contribution in [3.8, 4) is 0 Å². The molecule has 0 aromatic heterocycles. The lowest BCUT2D eigenvalue weighted by molar-refractivity contribution is -0.112. The number of nitrogens with zero attached hydrogens (tertiary/aromatic N) is 1. The average Bonchev–Trinajstić information content (AvgIpc) is 2.54. The van der Waals surface area contributed by atoms with Crippen molar-refractivity contribution in [2.75, 3.05) is 29.9 Å². The number of carbonyl (C=O) groups is 2. The zero-order valence-corrected chi connectivity index (χ0v) is 15.7. The van der Waals surface area contributed by atoms with E-state index in [1.807, 2.05) is 68.6 Å². The van der Waals surface area contributed by atoms with E-state index < -0.39 is 0 Å². The monoisotopic (exact) mass is 346 g/mol. The summed E-state index contributed by atoms with van der Waals surface area (Å²) >= 11 is 1.88. The van der Waals surface area contributed by atoms with E-state index in [2.05, 4.69) is 5.32 Å². The Bertz CT molecular complexity index is 641. The van der Waals surface area contributed by atoms with Gasteiger partial charge in [-0.3, -0.25) is 9.59 Å². The number of benzene rings is 1. The first-order chi connectivity index (χ1) is 11.3. The molecular weight excluding hydrogens is 320 g/mol. The summed E-state index contributed by atoms with van der Waals surface area (Å²) < 4.78 is 0. The number of thioether (sulfide) groups is 1. The van der Waals surface area contributed by atoms with Gasteiger partial charge in [0, 0.05) is 35.8 Å². The largest absolute Gasteiger partial charge is 0.337 e. The molecule has 130 valence electrons. The molecule has 4 nitrogen and oxygen atoms in total. The van der Waals surface area contributed by atoms with Crippen molar-refractivity contribution < 1.29 is 9.59 Å². The zero-order valence-electron chi connectivity index (χ0n) is 14.9. The van der Waals surface area contributed by atoms with Crippen LogP contribution < -0.4 is 5.32 Å². The van der Waals surface area contributed by atoms with Gasteiger partial charge in [0.25, 0.3) is 5.91 Å². The summed E-state index contributed by atoms with van der Waals surface area (Å²) in [4.78, 5) is 26.7. The van der Waals surface area contributed by atoms with E-state index in [9.17, 15) is 9.59 Å². The molecule has 0 radical (unpaired) electrons. The van der Waals surface area contributed by atoms with Crippen LogP contribution in [0.2, 0.25) is 0 Å². The van der Waals surface area contributed by atoms with Crippen LogP contribution >= 0.6 is 11.8 Å². The first-order valence-corrected chi connectivity index (χ1v) is 9.40. The molecule has 5 heteroatoms. The molecule has 0 bridgehead atoms. The molecule has 1 aliphatic rings. The molecule has 2 rings (SSSR count). The summed E-state index contributed by atoms with van der Waals surface area (Å²) in [5, 5.41) is 2.88. The SMILES string of the molecule is Cc1c(NC(=O)C=CC(C)(C)C)cccc1C(=O)N1CCSCC1. The smallest absolute Gasteiger partial charge is 0.254 e. The van der Waals surface area contributed by atoms with Crippen molar-refractivity contribution in [3.63, 3.8) is 0 Å². The Morgan fingerprint density at radius 2 is 1.88 bits per heavy atom. The third-order valence-corrected chi connectivity index (χ3v) is 4.80. The Morgan fingerprint density at radius 1 is 1.21 bits per heavy atom. The fourth-order valence-electron chi connectivity index (χ4n) is 2.44. The maximum Gasteiger partial charge on any atom is 0.254 e. The van der Waals surface area contributed by atoms with Gasteiger partial charge in [-0.2, -0.15) is 11.8 Å². The highest BCUT2D eigenvalue weighted by Gasteiger charge is 2.21. The number of allylic oxidation sites excluding steroid dienone is 1. The highest BCUT2D eigenvalue weighted by atomic mass is 32.2. The first-order valence-electron chi connectivity index (χ1n) is 8.25. The Balaban J connectivity index is 2.14. The Labute approximate surface area is 148 Å². The van der Waals surface area contributed by atoms with E-state index in [0.717, 1.165) is 30.2 Å². The number of rotatable bonds is 3. The van der Waals surface area contributed by atoms with Crippen LogP contribution in [0.3, 0.4) is 0 Å². The standard InChI is InChI=1S/C19H26N2O2S/c1-14-15(18(23)21-10-12-24-13-11-21)6-5-7-16(14)20-17(22)8-9-19(2,3)4/h5-9H,10-13H2,1-4H3,(H,20,22). The van der Waals surface area contributed by atoms with Gasteiger partial charge in [-0.05, 0) is 36.1 Å². The number of nitrogens with one attached hydrogen (secondary N) is 1. The lowest BCUT2D eigenvalue weighted by Crippen LogP contribution is -2.38. The van der Waals surface area contributed by atoms with Gasteiger partial charge in [0.1, 0.15) is 0 Å². The normalized spacial score (nSPS) is 15.6. The van der Waals surface area contributed by atoms with E-state index in [1.54, 1.807) is 6.08 Å². The Morgan fingerprint density at radius 3 is 2.50 bits per heavy atom. The van der Waals surface area contributed by atoms with Crippen LogP contribution in [0.1, 0.15) is 36.7 Å². The van der Waals surface area contributed by atoms with Gasteiger partial charge in [0.2, 0.25) is 5.91 Å². The maximum absolute atomic E-state index is 12.7. The van der Waals surface area contributed by atoms with Crippen molar-refractivity contribution >= 4 is 29.3 Å². The molecule has 1 heterocycles. The molecule has 0 atom stereocenters. The molecular formula is C19H26N2O2S. The molecule has 1 saturated heterocycles. The van der Waals surface area contributed by atoms with E-state index in [4.69, 9.17) is 0 Å². The van der Waals surface area contributed by atoms with E-state index in [0.29, 0.717) is 11.3 Å². The molecule has 1 aromatic carbocycles. The second-order valence-electron chi connectivity index (χ2n) is 7.07. The lowest BCUT2D eigenvalue weighted by Gasteiger charge is -2.27. The van der Waals surface area contributed by atoms with Crippen molar-refractivity contribution in [1.29, 1.82) is 0 Å².